The number of nitrogens with one attached hydrogen (secondary N) is 1. The molecule has 3 aromatic rings. The Kier molecular flexibility index (Phi) is 2.88. The van der Waals surface area contributed by atoms with E-state index < -0.39 is 0 Å². The van der Waals surface area contributed by atoms with Crippen molar-refractivity contribution >= 4 is 17.1 Å². The van der Waals surface area contributed by atoms with E-state index in [0.29, 0.717) is 19.2 Å². The number of hydrogen-bond acceptors (Lipinski definition) is 5. The monoisotopic (exact) mass is 282 g/mol. The molecule has 5 heteroatoms. The van der Waals surface area contributed by atoms with Crippen molar-refractivity contribution in [2.75, 3.05) is 18.5 Å². The highest BCUT2D eigenvalue weighted by molar-refractivity contribution is 5.74. The Morgan fingerprint density at radius 3 is 2.76 bits per heavy atom. The van der Waals surface area contributed by atoms with Crippen molar-refractivity contribution in [1.82, 2.24) is 4.98 Å². The zero-order valence-corrected chi connectivity index (χ0v) is 11.3. The van der Waals surface area contributed by atoms with Gasteiger partial charge in [-0.3, -0.25) is 0 Å². The zero-order chi connectivity index (χ0) is 14.1. The predicted octanol–water partition coefficient (Wildman–Crippen LogP) is 3.08. The van der Waals surface area contributed by atoms with Crippen molar-refractivity contribution in [2.24, 2.45) is 0 Å². The van der Waals surface area contributed by atoms with Crippen molar-refractivity contribution in [3.05, 3.63) is 48.5 Å². The molecule has 0 bridgehead atoms. The van der Waals surface area contributed by atoms with Crippen molar-refractivity contribution < 1.29 is 13.9 Å². The Morgan fingerprint density at radius 2 is 1.86 bits per heavy atom. The van der Waals surface area contributed by atoms with Crippen LogP contribution in [0.25, 0.3) is 11.1 Å². The van der Waals surface area contributed by atoms with Crippen LogP contribution in [-0.4, -0.2) is 24.2 Å². The summed E-state index contributed by atoms with van der Waals surface area (Å²) < 4.78 is 17.1. The van der Waals surface area contributed by atoms with E-state index in [9.17, 15) is 0 Å². The maximum absolute atomic E-state index is 5.87. The average molecular weight is 282 g/mol. The SMILES string of the molecule is c1ccc2c(c1)OCC(CNc1nc3ccccc3o1)O2. The van der Waals surface area contributed by atoms with Gasteiger partial charge in [-0.2, -0.15) is 4.98 Å². The Bertz CT molecular complexity index is 736. The van der Waals surface area contributed by atoms with Gasteiger partial charge in [-0.1, -0.05) is 24.3 Å². The van der Waals surface area contributed by atoms with E-state index in [1.807, 2.05) is 48.5 Å². The summed E-state index contributed by atoms with van der Waals surface area (Å²) in [4.78, 5) is 4.37. The van der Waals surface area contributed by atoms with Crippen LogP contribution in [0.4, 0.5) is 6.01 Å². The van der Waals surface area contributed by atoms with Crippen molar-refractivity contribution in [3.63, 3.8) is 0 Å². The number of rotatable bonds is 3. The summed E-state index contributed by atoms with van der Waals surface area (Å²) in [6.07, 6.45) is -0.0742. The highest BCUT2D eigenvalue weighted by Gasteiger charge is 2.20. The van der Waals surface area contributed by atoms with Crippen LogP contribution >= 0.6 is 0 Å². The van der Waals surface area contributed by atoms with Crippen molar-refractivity contribution in [1.29, 1.82) is 0 Å². The summed E-state index contributed by atoms with van der Waals surface area (Å²) in [5.74, 6) is 1.56. The van der Waals surface area contributed by atoms with E-state index in [1.165, 1.54) is 0 Å². The molecule has 5 nitrogen and oxygen atoms in total. The highest BCUT2D eigenvalue weighted by atomic mass is 16.6. The van der Waals surface area contributed by atoms with E-state index in [4.69, 9.17) is 13.9 Å². The van der Waals surface area contributed by atoms with Crippen molar-refractivity contribution in [2.45, 2.75) is 6.10 Å². The van der Waals surface area contributed by atoms with Gasteiger partial charge in [0, 0.05) is 0 Å². The largest absolute Gasteiger partial charge is 0.486 e. The number of nitrogens with zero attached hydrogens (tertiary/aromatic N) is 1. The number of oxazole rings is 1. The molecule has 1 aliphatic rings. The van der Waals surface area contributed by atoms with Gasteiger partial charge in [-0.05, 0) is 24.3 Å². The first-order chi connectivity index (χ1) is 10.4. The highest BCUT2D eigenvalue weighted by Crippen LogP contribution is 2.30. The Labute approximate surface area is 121 Å². The van der Waals surface area contributed by atoms with Gasteiger partial charge in [0.15, 0.2) is 23.2 Å². The molecule has 4 rings (SSSR count). The topological polar surface area (TPSA) is 56.5 Å². The minimum atomic E-state index is -0.0742. The fourth-order valence-electron chi connectivity index (χ4n) is 2.31. The normalized spacial score (nSPS) is 16.9. The average Bonchev–Trinajstić information content (AvgIpc) is 2.95. The van der Waals surface area contributed by atoms with Crippen LogP contribution in [0.5, 0.6) is 11.5 Å². The third kappa shape index (κ3) is 2.38. The molecule has 0 amide bonds. The molecule has 1 atom stereocenters. The van der Waals surface area contributed by atoms with Crippen LogP contribution < -0.4 is 14.8 Å². The van der Waals surface area contributed by atoms with Crippen LogP contribution in [0.15, 0.2) is 52.9 Å². The minimum Gasteiger partial charge on any atom is -0.486 e. The van der Waals surface area contributed by atoms with Gasteiger partial charge in [0.25, 0.3) is 6.01 Å². The second kappa shape index (κ2) is 5.01. The molecule has 1 aromatic heterocycles. The van der Waals surface area contributed by atoms with Gasteiger partial charge in [-0.25, -0.2) is 0 Å². The fraction of sp³-hybridized carbons (Fsp3) is 0.188. The molecule has 106 valence electrons. The van der Waals surface area contributed by atoms with Gasteiger partial charge >= 0.3 is 0 Å². The zero-order valence-electron chi connectivity index (χ0n) is 11.3. The fourth-order valence-corrected chi connectivity index (χ4v) is 2.31. The van der Waals surface area contributed by atoms with E-state index in [1.54, 1.807) is 0 Å². The number of benzene rings is 2. The quantitative estimate of drug-likeness (QED) is 0.800. The molecule has 2 aromatic carbocycles. The Morgan fingerprint density at radius 1 is 1.05 bits per heavy atom. The van der Waals surface area contributed by atoms with Gasteiger partial charge in [0.1, 0.15) is 12.1 Å². The molecule has 0 fully saturated rings. The van der Waals surface area contributed by atoms with Gasteiger partial charge in [0.2, 0.25) is 0 Å². The number of ether oxygens (including phenoxy) is 2. The molecule has 2 heterocycles. The molecule has 1 N–H and O–H groups in total. The molecule has 1 aliphatic heterocycles. The first-order valence-corrected chi connectivity index (χ1v) is 6.86. The number of para-hydroxylation sites is 4. The number of aromatic nitrogens is 1. The first-order valence-electron chi connectivity index (χ1n) is 6.86. The molecule has 0 spiro atoms. The summed E-state index contributed by atoms with van der Waals surface area (Å²) in [6.45, 7) is 1.07. The molecule has 1 unspecified atom stereocenters. The molecule has 0 saturated heterocycles. The molecular weight excluding hydrogens is 268 g/mol. The lowest BCUT2D eigenvalue weighted by Gasteiger charge is -2.26. The Balaban J connectivity index is 1.43. The smallest absolute Gasteiger partial charge is 0.295 e. The van der Waals surface area contributed by atoms with Crippen LogP contribution in [0, 0.1) is 0 Å². The molecular formula is C16H14N2O3. The number of fused-ring (bicyclic) bond motifs is 2. The van der Waals surface area contributed by atoms with Crippen LogP contribution in [0.3, 0.4) is 0 Å². The lowest BCUT2D eigenvalue weighted by Crippen LogP contribution is -2.35. The second-order valence-electron chi connectivity index (χ2n) is 4.87. The van der Waals surface area contributed by atoms with Gasteiger partial charge < -0.3 is 19.2 Å². The third-order valence-electron chi connectivity index (χ3n) is 3.34. The number of anilines is 1. The summed E-state index contributed by atoms with van der Waals surface area (Å²) in [5, 5.41) is 3.15. The minimum absolute atomic E-state index is 0.0742. The maximum atomic E-state index is 5.87. The summed E-state index contributed by atoms with van der Waals surface area (Å²) in [5.41, 5.74) is 1.61. The summed E-state index contributed by atoms with van der Waals surface area (Å²) in [7, 11) is 0. The molecule has 21 heavy (non-hydrogen) atoms. The third-order valence-corrected chi connectivity index (χ3v) is 3.34. The van der Waals surface area contributed by atoms with Crippen LogP contribution in [0.1, 0.15) is 0 Å². The van der Waals surface area contributed by atoms with Gasteiger partial charge in [0.05, 0.1) is 6.54 Å². The lowest BCUT2D eigenvalue weighted by atomic mass is 10.2. The van der Waals surface area contributed by atoms with Crippen molar-refractivity contribution in [3.8, 4) is 11.5 Å². The first kappa shape index (κ1) is 12.1. The van der Waals surface area contributed by atoms with Gasteiger partial charge in [-0.15, -0.1) is 0 Å². The van der Waals surface area contributed by atoms with E-state index >= 15 is 0 Å². The predicted molar refractivity (Wildman–Crippen MR) is 78.9 cm³/mol. The van der Waals surface area contributed by atoms with Crippen LogP contribution in [0.2, 0.25) is 0 Å². The van der Waals surface area contributed by atoms with E-state index in [-0.39, 0.29) is 6.10 Å². The number of hydrogen-bond donors (Lipinski definition) is 1. The van der Waals surface area contributed by atoms with E-state index in [0.717, 1.165) is 22.6 Å². The summed E-state index contributed by atoms with van der Waals surface area (Å²) >= 11 is 0. The maximum Gasteiger partial charge on any atom is 0.295 e. The molecule has 0 aliphatic carbocycles. The molecule has 0 radical (unpaired) electrons. The molecule has 0 saturated carbocycles. The van der Waals surface area contributed by atoms with E-state index in [2.05, 4.69) is 10.3 Å². The van der Waals surface area contributed by atoms with Crippen LogP contribution in [-0.2, 0) is 0 Å². The Hall–Kier alpha value is -2.69. The standard InChI is InChI=1S/C16H14N2O3/c1-2-6-13-12(5-1)18-16(21-13)17-9-11-10-19-14-7-3-4-8-15(14)20-11/h1-8,11H,9-10H2,(H,17,18). The summed E-state index contributed by atoms with van der Waals surface area (Å²) in [6, 6.07) is 15.8. The lowest BCUT2D eigenvalue weighted by molar-refractivity contribution is 0.0994. The second-order valence-corrected chi connectivity index (χ2v) is 4.87.